The number of ether oxygens (including phenoxy) is 1. The second-order valence-corrected chi connectivity index (χ2v) is 2.49. The summed E-state index contributed by atoms with van der Waals surface area (Å²) in [6.45, 7) is 6.17. The van der Waals surface area contributed by atoms with Gasteiger partial charge in [-0.1, -0.05) is 6.07 Å². The van der Waals surface area contributed by atoms with Gasteiger partial charge in [-0.3, -0.25) is 0 Å². The smallest absolute Gasteiger partial charge is 0.160 e. The average Bonchev–Trinajstić information content (AvgIpc) is 2.09. The predicted molar refractivity (Wildman–Crippen MR) is 48.3 cm³/mol. The molecule has 1 N–H and O–H groups in total. The molecule has 0 aliphatic rings. The van der Waals surface area contributed by atoms with Gasteiger partial charge in [0.25, 0.3) is 0 Å². The first-order valence-corrected chi connectivity index (χ1v) is 4.02. The number of aromatic hydroxyl groups is 1. The topological polar surface area (TPSA) is 29.5 Å². The summed E-state index contributed by atoms with van der Waals surface area (Å²) in [5.74, 6) is 0.729. The molecule has 1 aromatic rings. The first-order valence-electron chi connectivity index (χ1n) is 4.02. The molecule has 1 radical (unpaired) electrons. The molecular weight excluding hydrogens is 152 g/mol. The Labute approximate surface area is 72.8 Å². The Morgan fingerprint density at radius 1 is 1.50 bits per heavy atom. The molecule has 0 fully saturated rings. The standard InChI is InChI=1S/C10H13O2/c1-3-8-5-6-10(12-4-2)9(11)7-8/h5-7,11H,1,3-4H2,2H3. The molecule has 0 amide bonds. The number of rotatable bonds is 3. The van der Waals surface area contributed by atoms with Crippen LogP contribution in [0.25, 0.3) is 0 Å². The fourth-order valence-corrected chi connectivity index (χ4v) is 0.996. The predicted octanol–water partition coefficient (Wildman–Crippen LogP) is 2.17. The van der Waals surface area contributed by atoms with Crippen LogP contribution in [0.1, 0.15) is 12.5 Å². The summed E-state index contributed by atoms with van der Waals surface area (Å²) >= 11 is 0. The Bertz CT molecular complexity index is 256. The summed E-state index contributed by atoms with van der Waals surface area (Å²) < 4.78 is 5.17. The largest absolute Gasteiger partial charge is 0.504 e. The maximum atomic E-state index is 9.40. The van der Waals surface area contributed by atoms with Gasteiger partial charge in [0.15, 0.2) is 11.5 Å². The van der Waals surface area contributed by atoms with E-state index in [1.54, 1.807) is 12.1 Å². The summed E-state index contributed by atoms with van der Waals surface area (Å²) in [4.78, 5) is 0. The third-order valence-electron chi connectivity index (χ3n) is 1.61. The summed E-state index contributed by atoms with van der Waals surface area (Å²) in [5, 5.41) is 9.40. The quantitative estimate of drug-likeness (QED) is 0.743. The molecule has 65 valence electrons. The van der Waals surface area contributed by atoms with Crippen molar-refractivity contribution in [3.05, 3.63) is 30.7 Å². The molecular formula is C10H13O2. The average molecular weight is 165 g/mol. The summed E-state index contributed by atoms with van der Waals surface area (Å²) in [6, 6.07) is 5.34. The highest BCUT2D eigenvalue weighted by atomic mass is 16.5. The van der Waals surface area contributed by atoms with E-state index in [0.29, 0.717) is 18.8 Å². The van der Waals surface area contributed by atoms with Crippen molar-refractivity contribution in [2.24, 2.45) is 0 Å². The zero-order valence-corrected chi connectivity index (χ0v) is 7.21. The molecule has 2 nitrogen and oxygen atoms in total. The lowest BCUT2D eigenvalue weighted by atomic mass is 10.1. The van der Waals surface area contributed by atoms with Crippen molar-refractivity contribution in [1.82, 2.24) is 0 Å². The normalized spacial score (nSPS) is 9.83. The van der Waals surface area contributed by atoms with E-state index in [2.05, 4.69) is 6.92 Å². The molecule has 0 heterocycles. The molecule has 0 spiro atoms. The fraction of sp³-hybridized carbons (Fsp3) is 0.300. The van der Waals surface area contributed by atoms with Crippen LogP contribution in [0.5, 0.6) is 11.5 Å². The molecule has 0 saturated carbocycles. The maximum absolute atomic E-state index is 9.40. The molecule has 2 heteroatoms. The minimum Gasteiger partial charge on any atom is -0.504 e. The van der Waals surface area contributed by atoms with Crippen LogP contribution in [-0.2, 0) is 6.42 Å². The number of phenols is 1. The number of hydrogen-bond acceptors (Lipinski definition) is 2. The van der Waals surface area contributed by atoms with Crippen LogP contribution in [-0.4, -0.2) is 11.7 Å². The lowest BCUT2D eigenvalue weighted by molar-refractivity contribution is 0.318. The Hall–Kier alpha value is -1.18. The molecule has 1 aromatic carbocycles. The van der Waals surface area contributed by atoms with E-state index < -0.39 is 0 Å². The Balaban J connectivity index is 2.87. The number of benzene rings is 1. The summed E-state index contributed by atoms with van der Waals surface area (Å²) in [6.07, 6.45) is 0.681. The number of hydrogen-bond donors (Lipinski definition) is 1. The van der Waals surface area contributed by atoms with Gasteiger partial charge in [0.2, 0.25) is 0 Å². The van der Waals surface area contributed by atoms with E-state index in [9.17, 15) is 5.11 Å². The number of phenolic OH excluding ortho intramolecular Hbond substituents is 1. The van der Waals surface area contributed by atoms with Gasteiger partial charge in [-0.05, 0) is 38.0 Å². The monoisotopic (exact) mass is 165 g/mol. The van der Waals surface area contributed by atoms with Crippen molar-refractivity contribution >= 4 is 0 Å². The van der Waals surface area contributed by atoms with E-state index in [4.69, 9.17) is 4.74 Å². The zero-order chi connectivity index (χ0) is 8.97. The van der Waals surface area contributed by atoms with Crippen molar-refractivity contribution in [2.45, 2.75) is 13.3 Å². The van der Waals surface area contributed by atoms with Gasteiger partial charge in [0.05, 0.1) is 6.61 Å². The van der Waals surface area contributed by atoms with E-state index in [1.165, 1.54) is 0 Å². The molecule has 0 aliphatic carbocycles. The van der Waals surface area contributed by atoms with Crippen molar-refractivity contribution in [3.8, 4) is 11.5 Å². The Morgan fingerprint density at radius 3 is 2.75 bits per heavy atom. The van der Waals surface area contributed by atoms with E-state index in [0.717, 1.165) is 5.56 Å². The SMILES string of the molecule is [CH2]Cc1ccc(OCC)c(O)c1. The van der Waals surface area contributed by atoms with Crippen LogP contribution in [0.4, 0.5) is 0 Å². The van der Waals surface area contributed by atoms with Crippen molar-refractivity contribution < 1.29 is 9.84 Å². The second-order valence-electron chi connectivity index (χ2n) is 2.49. The molecule has 0 saturated heterocycles. The summed E-state index contributed by atoms with van der Waals surface area (Å²) in [7, 11) is 0. The zero-order valence-electron chi connectivity index (χ0n) is 7.21. The van der Waals surface area contributed by atoms with Crippen molar-refractivity contribution in [3.63, 3.8) is 0 Å². The minimum absolute atomic E-state index is 0.193. The van der Waals surface area contributed by atoms with Gasteiger partial charge in [0.1, 0.15) is 0 Å². The van der Waals surface area contributed by atoms with Crippen LogP contribution >= 0.6 is 0 Å². The van der Waals surface area contributed by atoms with Gasteiger partial charge in [-0.2, -0.15) is 0 Å². The molecule has 0 bridgehead atoms. The first-order chi connectivity index (χ1) is 5.77. The van der Waals surface area contributed by atoms with Crippen LogP contribution in [0.15, 0.2) is 18.2 Å². The van der Waals surface area contributed by atoms with E-state index in [-0.39, 0.29) is 5.75 Å². The maximum Gasteiger partial charge on any atom is 0.160 e. The summed E-state index contributed by atoms with van der Waals surface area (Å²) in [5.41, 5.74) is 1.01. The van der Waals surface area contributed by atoms with Crippen LogP contribution in [0.3, 0.4) is 0 Å². The third-order valence-corrected chi connectivity index (χ3v) is 1.61. The van der Waals surface area contributed by atoms with Crippen molar-refractivity contribution in [2.75, 3.05) is 6.61 Å². The molecule has 0 aromatic heterocycles. The lowest BCUT2D eigenvalue weighted by Gasteiger charge is -2.06. The molecule has 1 rings (SSSR count). The van der Waals surface area contributed by atoms with Gasteiger partial charge < -0.3 is 9.84 Å². The molecule has 0 unspecified atom stereocenters. The second kappa shape index (κ2) is 4.00. The molecule has 0 atom stereocenters. The Morgan fingerprint density at radius 2 is 2.25 bits per heavy atom. The van der Waals surface area contributed by atoms with Crippen LogP contribution in [0, 0.1) is 6.92 Å². The van der Waals surface area contributed by atoms with E-state index in [1.807, 2.05) is 13.0 Å². The lowest BCUT2D eigenvalue weighted by Crippen LogP contribution is -1.92. The first kappa shape index (κ1) is 8.91. The third kappa shape index (κ3) is 1.91. The highest BCUT2D eigenvalue weighted by Gasteiger charge is 2.00. The van der Waals surface area contributed by atoms with Crippen LogP contribution in [0.2, 0.25) is 0 Å². The highest BCUT2D eigenvalue weighted by Crippen LogP contribution is 2.26. The minimum atomic E-state index is 0.193. The fourth-order valence-electron chi connectivity index (χ4n) is 0.996. The van der Waals surface area contributed by atoms with Gasteiger partial charge in [-0.15, -0.1) is 0 Å². The van der Waals surface area contributed by atoms with Crippen LogP contribution < -0.4 is 4.74 Å². The molecule has 12 heavy (non-hydrogen) atoms. The highest BCUT2D eigenvalue weighted by molar-refractivity contribution is 5.41. The van der Waals surface area contributed by atoms with Crippen molar-refractivity contribution in [1.29, 1.82) is 0 Å². The van der Waals surface area contributed by atoms with Gasteiger partial charge in [0, 0.05) is 0 Å². The molecule has 0 aliphatic heterocycles. The Kier molecular flexibility index (Phi) is 2.97. The van der Waals surface area contributed by atoms with Gasteiger partial charge in [-0.25, -0.2) is 0 Å². The van der Waals surface area contributed by atoms with E-state index >= 15 is 0 Å². The van der Waals surface area contributed by atoms with Gasteiger partial charge >= 0.3 is 0 Å².